The zero-order chi connectivity index (χ0) is 29.5. The zero-order valence-electron chi connectivity index (χ0n) is 23.2. The molecule has 0 atom stereocenters. The number of aryl methyl sites for hydroxylation is 1. The van der Waals surface area contributed by atoms with Gasteiger partial charge in [0.1, 0.15) is 13.2 Å². The number of carbonyl (C=O) groups excluding carboxylic acids is 3. The number of hydrogen-bond acceptors (Lipinski definition) is 6. The first-order valence-electron chi connectivity index (χ1n) is 13.1. The lowest BCUT2D eigenvalue weighted by Gasteiger charge is -2.17. The molecule has 0 unspecified atom stereocenters. The molecule has 7 nitrogen and oxygen atoms in total. The normalized spacial score (nSPS) is 14.0. The summed E-state index contributed by atoms with van der Waals surface area (Å²) < 4.78 is 13.1. The molecule has 0 aromatic heterocycles. The van der Waals surface area contributed by atoms with Crippen LogP contribution in [0.1, 0.15) is 34.7 Å². The highest BCUT2D eigenvalue weighted by atomic mass is 79.9. The fraction of sp³-hybridized carbons (Fsp3) is 0.219. The van der Waals surface area contributed by atoms with Crippen LogP contribution >= 0.6 is 27.7 Å². The van der Waals surface area contributed by atoms with Gasteiger partial charge in [-0.25, -0.2) is 0 Å². The molecule has 0 radical (unpaired) electrons. The second-order valence-corrected chi connectivity index (χ2v) is 11.3. The molecule has 1 fully saturated rings. The maximum atomic E-state index is 13.2. The first-order chi connectivity index (χ1) is 19.7. The summed E-state index contributed by atoms with van der Waals surface area (Å²) in [6.45, 7) is 10.00. The smallest absolute Gasteiger partial charge is 0.294 e. The molecule has 0 saturated carbocycles. The van der Waals surface area contributed by atoms with Crippen LogP contribution in [0.3, 0.4) is 0 Å². The van der Waals surface area contributed by atoms with E-state index < -0.39 is 17.1 Å². The summed E-state index contributed by atoms with van der Waals surface area (Å²) in [6, 6.07) is 17.1. The Hall–Kier alpha value is -3.82. The molecule has 3 amide bonds. The van der Waals surface area contributed by atoms with Crippen molar-refractivity contribution in [2.45, 2.75) is 33.8 Å². The van der Waals surface area contributed by atoms with E-state index in [-0.39, 0.29) is 11.4 Å². The Morgan fingerprint density at radius 2 is 1.85 bits per heavy atom. The molecule has 41 heavy (non-hydrogen) atoms. The summed E-state index contributed by atoms with van der Waals surface area (Å²) in [5.74, 6) is 0.168. The second kappa shape index (κ2) is 13.7. The third-order valence-corrected chi connectivity index (χ3v) is 7.90. The SMILES string of the molecule is C=CCc1cc(/C=C2\SC(=O)N(CC(=O)Nc3cccc(C)c3C)C2=O)cc(OCC)c1OCc1ccc(Br)cc1. The Labute approximate surface area is 252 Å². The Morgan fingerprint density at radius 3 is 2.56 bits per heavy atom. The predicted molar refractivity (Wildman–Crippen MR) is 167 cm³/mol. The van der Waals surface area contributed by atoms with Crippen molar-refractivity contribution in [3.8, 4) is 11.5 Å². The van der Waals surface area contributed by atoms with Gasteiger partial charge in [-0.05, 0) is 97.6 Å². The fourth-order valence-electron chi connectivity index (χ4n) is 4.24. The number of ether oxygens (including phenoxy) is 2. The molecule has 1 heterocycles. The largest absolute Gasteiger partial charge is 0.490 e. The highest BCUT2D eigenvalue weighted by Gasteiger charge is 2.36. The minimum Gasteiger partial charge on any atom is -0.490 e. The van der Waals surface area contributed by atoms with Crippen molar-refractivity contribution in [1.82, 2.24) is 4.90 Å². The van der Waals surface area contributed by atoms with E-state index in [0.717, 1.165) is 43.4 Å². The van der Waals surface area contributed by atoms with E-state index in [0.29, 0.717) is 42.4 Å². The van der Waals surface area contributed by atoms with Crippen molar-refractivity contribution in [2.75, 3.05) is 18.5 Å². The molecule has 1 saturated heterocycles. The number of benzene rings is 3. The molecule has 1 aliphatic rings. The molecule has 4 rings (SSSR count). The number of carbonyl (C=O) groups is 3. The lowest BCUT2D eigenvalue weighted by Crippen LogP contribution is -2.36. The second-order valence-electron chi connectivity index (χ2n) is 9.41. The molecule has 9 heteroatoms. The zero-order valence-corrected chi connectivity index (χ0v) is 25.6. The third-order valence-electron chi connectivity index (χ3n) is 6.47. The van der Waals surface area contributed by atoms with Gasteiger partial charge in [0.15, 0.2) is 11.5 Å². The predicted octanol–water partition coefficient (Wildman–Crippen LogP) is 7.45. The highest BCUT2D eigenvalue weighted by molar-refractivity contribution is 9.10. The number of thioether (sulfide) groups is 1. The van der Waals surface area contributed by atoms with Crippen LogP contribution in [0.5, 0.6) is 11.5 Å². The van der Waals surface area contributed by atoms with E-state index in [1.54, 1.807) is 24.3 Å². The minimum atomic E-state index is -0.519. The summed E-state index contributed by atoms with van der Waals surface area (Å²) in [5.41, 5.74) is 5.12. The number of anilines is 1. The summed E-state index contributed by atoms with van der Waals surface area (Å²) in [6.07, 6.45) is 3.92. The van der Waals surface area contributed by atoms with Crippen molar-refractivity contribution < 1.29 is 23.9 Å². The molecular formula is C32H31BrN2O5S. The van der Waals surface area contributed by atoms with Gasteiger partial charge >= 0.3 is 0 Å². The number of halogens is 1. The highest BCUT2D eigenvalue weighted by Crippen LogP contribution is 2.38. The van der Waals surface area contributed by atoms with E-state index >= 15 is 0 Å². The Kier molecular flexibility index (Phi) is 10.1. The van der Waals surface area contributed by atoms with Crippen LogP contribution in [-0.2, 0) is 22.6 Å². The van der Waals surface area contributed by atoms with Crippen molar-refractivity contribution >= 4 is 56.5 Å². The summed E-state index contributed by atoms with van der Waals surface area (Å²) >= 11 is 4.25. The fourth-order valence-corrected chi connectivity index (χ4v) is 5.35. The molecule has 0 spiro atoms. The molecule has 1 N–H and O–H groups in total. The first kappa shape index (κ1) is 30.1. The van der Waals surface area contributed by atoms with E-state index in [9.17, 15) is 14.4 Å². The number of rotatable bonds is 11. The topological polar surface area (TPSA) is 84.9 Å². The molecular weight excluding hydrogens is 604 g/mol. The quantitative estimate of drug-likeness (QED) is 0.174. The maximum Gasteiger partial charge on any atom is 0.294 e. The van der Waals surface area contributed by atoms with Gasteiger partial charge in [-0.3, -0.25) is 19.3 Å². The lowest BCUT2D eigenvalue weighted by molar-refractivity contribution is -0.127. The molecule has 1 aliphatic heterocycles. The Bertz CT molecular complexity index is 1520. The van der Waals surface area contributed by atoms with Gasteiger partial charge in [0.05, 0.1) is 11.5 Å². The van der Waals surface area contributed by atoms with Crippen LogP contribution in [0.25, 0.3) is 6.08 Å². The van der Waals surface area contributed by atoms with Crippen molar-refractivity contribution in [3.05, 3.63) is 104 Å². The Morgan fingerprint density at radius 1 is 1.10 bits per heavy atom. The molecule has 0 bridgehead atoms. The monoisotopic (exact) mass is 634 g/mol. The van der Waals surface area contributed by atoms with E-state index in [1.165, 1.54) is 0 Å². The summed E-state index contributed by atoms with van der Waals surface area (Å²) in [7, 11) is 0. The third kappa shape index (κ3) is 7.48. The van der Waals surface area contributed by atoms with E-state index in [4.69, 9.17) is 9.47 Å². The summed E-state index contributed by atoms with van der Waals surface area (Å²) in [5, 5.41) is 2.31. The average molecular weight is 636 g/mol. The van der Waals surface area contributed by atoms with Crippen LogP contribution in [-0.4, -0.2) is 35.1 Å². The van der Waals surface area contributed by atoms with Gasteiger partial charge in [0.25, 0.3) is 11.1 Å². The number of nitrogens with one attached hydrogen (secondary N) is 1. The van der Waals surface area contributed by atoms with E-state index in [1.807, 2.05) is 63.2 Å². The average Bonchev–Trinajstić information content (AvgIpc) is 3.19. The molecule has 0 aliphatic carbocycles. The molecule has 3 aromatic rings. The Balaban J connectivity index is 1.55. The van der Waals surface area contributed by atoms with Crippen LogP contribution in [0.2, 0.25) is 0 Å². The van der Waals surface area contributed by atoms with Crippen LogP contribution in [0, 0.1) is 13.8 Å². The first-order valence-corrected chi connectivity index (χ1v) is 14.7. The van der Waals surface area contributed by atoms with Crippen molar-refractivity contribution in [3.63, 3.8) is 0 Å². The van der Waals surface area contributed by atoms with E-state index in [2.05, 4.69) is 27.8 Å². The number of imide groups is 1. The number of amides is 3. The van der Waals surface area contributed by atoms with Gasteiger partial charge in [-0.15, -0.1) is 6.58 Å². The number of hydrogen-bond donors (Lipinski definition) is 1. The minimum absolute atomic E-state index is 0.227. The van der Waals surface area contributed by atoms with Crippen LogP contribution in [0.4, 0.5) is 10.5 Å². The van der Waals surface area contributed by atoms with Gasteiger partial charge < -0.3 is 14.8 Å². The lowest BCUT2D eigenvalue weighted by atomic mass is 10.0. The van der Waals surface area contributed by atoms with Gasteiger partial charge in [-0.2, -0.15) is 0 Å². The number of nitrogens with zero attached hydrogens (tertiary/aromatic N) is 1. The van der Waals surface area contributed by atoms with Gasteiger partial charge in [-0.1, -0.05) is 46.3 Å². The van der Waals surface area contributed by atoms with Crippen molar-refractivity contribution in [1.29, 1.82) is 0 Å². The molecule has 3 aromatic carbocycles. The van der Waals surface area contributed by atoms with Gasteiger partial charge in [0, 0.05) is 15.7 Å². The molecule has 212 valence electrons. The van der Waals surface area contributed by atoms with Gasteiger partial charge in [0.2, 0.25) is 5.91 Å². The number of allylic oxidation sites excluding steroid dienone is 1. The van der Waals surface area contributed by atoms with Crippen LogP contribution < -0.4 is 14.8 Å². The standard InChI is InChI=1S/C32H31BrN2O5S/c1-5-8-24-15-23(16-27(39-6-2)30(24)40-19-22-11-13-25(33)14-12-22)17-28-31(37)35(32(38)41-28)18-29(36)34-26-10-7-9-20(3)21(26)4/h5,7,9-17H,1,6,8,18-19H2,2-4H3,(H,34,36)/b28-17-. The maximum absolute atomic E-state index is 13.2. The van der Waals surface area contributed by atoms with Crippen molar-refractivity contribution in [2.24, 2.45) is 0 Å². The summed E-state index contributed by atoms with van der Waals surface area (Å²) in [4.78, 5) is 39.8. The van der Waals surface area contributed by atoms with Crippen LogP contribution in [0.15, 0.2) is 76.6 Å².